The number of aromatic amines is 1. The number of amides is 2. The second-order valence-electron chi connectivity index (χ2n) is 7.99. The smallest absolute Gasteiger partial charge is 0.247 e. The maximum absolute atomic E-state index is 13.0. The van der Waals surface area contributed by atoms with Crippen molar-refractivity contribution >= 4 is 36.6 Å². The number of carbonyl (C=O) groups is 2. The van der Waals surface area contributed by atoms with E-state index in [4.69, 9.17) is 5.73 Å². The van der Waals surface area contributed by atoms with Crippen molar-refractivity contribution in [3.63, 3.8) is 0 Å². The van der Waals surface area contributed by atoms with Crippen LogP contribution in [0.1, 0.15) is 38.2 Å². The number of carbonyl (C=O) groups excluding carboxylic acids is 2. The summed E-state index contributed by atoms with van der Waals surface area (Å²) in [5, 5.41) is 0. The van der Waals surface area contributed by atoms with Crippen molar-refractivity contribution in [1.29, 1.82) is 0 Å². The van der Waals surface area contributed by atoms with Crippen LogP contribution in [0.25, 0.3) is 0 Å². The highest BCUT2D eigenvalue weighted by molar-refractivity contribution is 5.85. The Balaban J connectivity index is 0.00000210. The van der Waals surface area contributed by atoms with E-state index in [1.807, 2.05) is 11.0 Å². The molecule has 9 heteroatoms. The van der Waals surface area contributed by atoms with Crippen molar-refractivity contribution in [3.8, 4) is 0 Å². The van der Waals surface area contributed by atoms with Crippen LogP contribution in [0.15, 0.2) is 23.1 Å². The summed E-state index contributed by atoms with van der Waals surface area (Å²) in [5.41, 5.74) is 7.12. The molecule has 7 nitrogen and oxygen atoms in total. The van der Waals surface area contributed by atoms with Crippen LogP contribution >= 0.6 is 24.8 Å². The first-order chi connectivity index (χ1) is 12.9. The van der Waals surface area contributed by atoms with Gasteiger partial charge in [-0.25, -0.2) is 0 Å². The van der Waals surface area contributed by atoms with Crippen LogP contribution in [0, 0.1) is 11.8 Å². The van der Waals surface area contributed by atoms with Crippen molar-refractivity contribution in [2.75, 3.05) is 26.2 Å². The van der Waals surface area contributed by atoms with E-state index in [1.165, 1.54) is 0 Å². The van der Waals surface area contributed by atoms with Gasteiger partial charge in [-0.15, -0.1) is 24.8 Å². The number of piperidine rings is 1. The van der Waals surface area contributed by atoms with Gasteiger partial charge in [0.15, 0.2) is 0 Å². The minimum atomic E-state index is -0.141. The lowest BCUT2D eigenvalue weighted by Gasteiger charge is -2.35. The average Bonchev–Trinajstić information content (AvgIpc) is 2.86. The molecule has 0 spiro atoms. The van der Waals surface area contributed by atoms with Gasteiger partial charge in [-0.3, -0.25) is 14.4 Å². The summed E-state index contributed by atoms with van der Waals surface area (Å²) in [7, 11) is 0. The number of aromatic nitrogens is 1. The molecular formula is C20H32Cl2N4O3. The largest absolute Gasteiger partial charge is 0.342 e. The minimum Gasteiger partial charge on any atom is -0.342 e. The first-order valence-corrected chi connectivity index (χ1v) is 9.90. The van der Waals surface area contributed by atoms with Gasteiger partial charge in [0.1, 0.15) is 0 Å². The van der Waals surface area contributed by atoms with Crippen LogP contribution in [-0.2, 0) is 16.0 Å². The molecule has 0 saturated carbocycles. The number of pyridine rings is 1. The van der Waals surface area contributed by atoms with Gasteiger partial charge in [0.25, 0.3) is 0 Å². The summed E-state index contributed by atoms with van der Waals surface area (Å²) >= 11 is 0. The molecule has 0 radical (unpaired) electrons. The second kappa shape index (κ2) is 11.6. The number of nitrogens with two attached hydrogens (primary N) is 1. The van der Waals surface area contributed by atoms with E-state index in [1.54, 1.807) is 24.1 Å². The fourth-order valence-corrected chi connectivity index (χ4v) is 4.20. The Bertz CT molecular complexity index is 714. The third kappa shape index (κ3) is 7.01. The lowest BCUT2D eigenvalue weighted by molar-refractivity contribution is -0.139. The predicted octanol–water partition coefficient (Wildman–Crippen LogP) is 1.59. The molecule has 29 heavy (non-hydrogen) atoms. The maximum atomic E-state index is 13.0. The van der Waals surface area contributed by atoms with Crippen LogP contribution < -0.4 is 11.3 Å². The van der Waals surface area contributed by atoms with E-state index in [2.05, 4.69) is 4.98 Å². The van der Waals surface area contributed by atoms with Gasteiger partial charge in [0.05, 0.1) is 5.92 Å². The van der Waals surface area contributed by atoms with Crippen LogP contribution in [0.2, 0.25) is 0 Å². The molecule has 2 fully saturated rings. The molecule has 0 aromatic carbocycles. The summed E-state index contributed by atoms with van der Waals surface area (Å²) < 4.78 is 0. The highest BCUT2D eigenvalue weighted by atomic mass is 35.5. The minimum absolute atomic E-state index is 0. The third-order valence-electron chi connectivity index (χ3n) is 5.88. The van der Waals surface area contributed by atoms with Crippen LogP contribution in [0.3, 0.4) is 0 Å². The standard InChI is InChI=1S/C20H30N4O3.2ClH/c1-14(25)24-12-17(3-4-18(21)13-24)20(27)23-8-6-15(7-9-23)10-16-2-5-19(26)22-11-16;;/h2,5,11,15,17-18H,3-4,6-10,12-13,21H2,1H3,(H,22,26);2*1H/t17-,18+;;/m1../s1. The van der Waals surface area contributed by atoms with Gasteiger partial charge in [0.2, 0.25) is 17.4 Å². The molecule has 164 valence electrons. The number of nitrogens with one attached hydrogen (secondary N) is 1. The predicted molar refractivity (Wildman–Crippen MR) is 118 cm³/mol. The SMILES string of the molecule is CC(=O)N1C[C@@H](N)CC[C@@H](C(=O)N2CCC(Cc3ccc(=O)[nH]c3)CC2)C1.Cl.Cl. The summed E-state index contributed by atoms with van der Waals surface area (Å²) in [4.78, 5) is 42.4. The second-order valence-corrected chi connectivity index (χ2v) is 7.99. The number of H-pyrrole nitrogens is 1. The fraction of sp³-hybridized carbons (Fsp3) is 0.650. The highest BCUT2D eigenvalue weighted by Crippen LogP contribution is 2.25. The van der Waals surface area contributed by atoms with Crippen molar-refractivity contribution in [1.82, 2.24) is 14.8 Å². The molecule has 2 saturated heterocycles. The normalized spacial score (nSPS) is 22.8. The Morgan fingerprint density at radius 1 is 1.07 bits per heavy atom. The van der Waals surface area contributed by atoms with E-state index in [0.717, 1.165) is 50.8 Å². The number of likely N-dealkylation sites (tertiary alicyclic amines) is 2. The van der Waals surface area contributed by atoms with Gasteiger partial charge < -0.3 is 20.5 Å². The number of rotatable bonds is 3. The molecule has 1 aromatic heterocycles. The molecule has 2 aliphatic heterocycles. The molecule has 0 unspecified atom stereocenters. The Kier molecular flexibility index (Phi) is 10.2. The molecule has 3 rings (SSSR count). The van der Waals surface area contributed by atoms with Crippen molar-refractivity contribution in [3.05, 3.63) is 34.2 Å². The van der Waals surface area contributed by atoms with Crippen LogP contribution in [-0.4, -0.2) is 58.8 Å². The number of nitrogens with zero attached hydrogens (tertiary/aromatic N) is 2. The van der Waals surface area contributed by atoms with Crippen molar-refractivity contribution < 1.29 is 9.59 Å². The maximum Gasteiger partial charge on any atom is 0.247 e. The monoisotopic (exact) mass is 446 g/mol. The molecule has 2 atom stereocenters. The number of halogens is 2. The number of hydrogen-bond donors (Lipinski definition) is 2. The molecule has 0 aliphatic carbocycles. The molecule has 1 aromatic rings. The van der Waals surface area contributed by atoms with Crippen LogP contribution in [0.5, 0.6) is 0 Å². The van der Waals surface area contributed by atoms with E-state index < -0.39 is 0 Å². The zero-order valence-corrected chi connectivity index (χ0v) is 18.5. The van der Waals surface area contributed by atoms with Gasteiger partial charge in [-0.1, -0.05) is 6.07 Å². The molecular weight excluding hydrogens is 415 g/mol. The van der Waals surface area contributed by atoms with Gasteiger partial charge in [0, 0.05) is 51.4 Å². The average molecular weight is 447 g/mol. The Morgan fingerprint density at radius 2 is 1.76 bits per heavy atom. The Morgan fingerprint density at radius 3 is 2.34 bits per heavy atom. The van der Waals surface area contributed by atoms with E-state index in [0.29, 0.717) is 19.0 Å². The summed E-state index contributed by atoms with van der Waals surface area (Å²) in [5.74, 6) is 0.539. The Labute approximate surface area is 184 Å². The highest BCUT2D eigenvalue weighted by Gasteiger charge is 2.32. The summed E-state index contributed by atoms with van der Waals surface area (Å²) in [6, 6.07) is 3.39. The molecule has 2 aliphatic rings. The quantitative estimate of drug-likeness (QED) is 0.735. The molecule has 0 bridgehead atoms. The van der Waals surface area contributed by atoms with E-state index in [9.17, 15) is 14.4 Å². The zero-order chi connectivity index (χ0) is 19.4. The lowest BCUT2D eigenvalue weighted by atomic mass is 9.89. The van der Waals surface area contributed by atoms with E-state index >= 15 is 0 Å². The molecule has 3 N–H and O–H groups in total. The van der Waals surface area contributed by atoms with Gasteiger partial charge in [-0.2, -0.15) is 0 Å². The first kappa shape index (κ1) is 25.5. The third-order valence-corrected chi connectivity index (χ3v) is 5.88. The van der Waals surface area contributed by atoms with Crippen molar-refractivity contribution in [2.45, 2.75) is 45.1 Å². The lowest BCUT2D eigenvalue weighted by Crippen LogP contribution is -2.46. The number of hydrogen-bond acceptors (Lipinski definition) is 4. The summed E-state index contributed by atoms with van der Waals surface area (Å²) in [6.45, 7) is 4.09. The van der Waals surface area contributed by atoms with Crippen molar-refractivity contribution in [2.24, 2.45) is 17.6 Å². The molecule has 3 heterocycles. The topological polar surface area (TPSA) is 99.5 Å². The van der Waals surface area contributed by atoms with Gasteiger partial charge in [-0.05, 0) is 43.6 Å². The summed E-state index contributed by atoms with van der Waals surface area (Å²) in [6.07, 6.45) is 6.17. The zero-order valence-electron chi connectivity index (χ0n) is 16.8. The fourth-order valence-electron chi connectivity index (χ4n) is 4.20. The van der Waals surface area contributed by atoms with E-state index in [-0.39, 0.29) is 54.1 Å². The molecule has 2 amide bonds. The van der Waals surface area contributed by atoms with Crippen LogP contribution in [0.4, 0.5) is 0 Å². The Hall–Kier alpha value is -1.57. The van der Waals surface area contributed by atoms with Gasteiger partial charge >= 0.3 is 0 Å². The first-order valence-electron chi connectivity index (χ1n) is 9.90.